The molecule has 9 heavy (non-hydrogen) atoms. The molecule has 0 aliphatic carbocycles. The topological polar surface area (TPSA) is 77.8 Å². The standard InChI is InChI=1S/C3H7.Na.H3O4P/c1-3-2;;1-5(2,3)4/h3H,1-2H3;;(H3,1,2,3,4)/q-1;+1;. The Hall–Kier alpha value is 1.11. The van der Waals surface area contributed by atoms with Gasteiger partial charge in [-0.25, -0.2) is 4.57 Å². The first-order chi connectivity index (χ1) is 3.41. The average molecular weight is 164 g/mol. The zero-order valence-corrected chi connectivity index (χ0v) is 8.67. The third-order valence-corrected chi connectivity index (χ3v) is 0. The molecule has 52 valence electrons. The van der Waals surface area contributed by atoms with Crippen molar-refractivity contribution in [1.82, 2.24) is 0 Å². The Kier molecular flexibility index (Phi) is 16.8. The first-order valence-electron chi connectivity index (χ1n) is 1.94. The molecule has 0 aliphatic heterocycles. The maximum Gasteiger partial charge on any atom is 1.00 e. The molecule has 0 aromatic carbocycles. The summed E-state index contributed by atoms with van der Waals surface area (Å²) in [5, 5.41) is 0. The minimum Gasteiger partial charge on any atom is -0.335 e. The molecule has 4 nitrogen and oxygen atoms in total. The number of hydrogen-bond donors (Lipinski definition) is 3. The van der Waals surface area contributed by atoms with Crippen LogP contribution >= 0.6 is 7.82 Å². The molecule has 0 saturated heterocycles. The average Bonchev–Trinajstić information content (AvgIpc) is 1.27. The molecule has 0 unspecified atom stereocenters. The summed E-state index contributed by atoms with van der Waals surface area (Å²) < 4.78 is 8.88. The Balaban J connectivity index is -0.0000000800. The number of rotatable bonds is 0. The first-order valence-corrected chi connectivity index (χ1v) is 3.50. The summed E-state index contributed by atoms with van der Waals surface area (Å²) in [5.41, 5.74) is 0. The summed E-state index contributed by atoms with van der Waals surface area (Å²) in [6.45, 7) is 4.00. The van der Waals surface area contributed by atoms with E-state index in [0.29, 0.717) is 0 Å². The molecule has 0 radical (unpaired) electrons. The fourth-order valence-corrected chi connectivity index (χ4v) is 0. The van der Waals surface area contributed by atoms with E-state index in [2.05, 4.69) is 0 Å². The van der Waals surface area contributed by atoms with Crippen LogP contribution in [0.1, 0.15) is 13.8 Å². The van der Waals surface area contributed by atoms with E-state index in [1.807, 2.05) is 20.3 Å². The van der Waals surface area contributed by atoms with Gasteiger partial charge in [-0.1, -0.05) is 0 Å². The third-order valence-electron chi connectivity index (χ3n) is 0. The maximum atomic E-state index is 8.88. The van der Waals surface area contributed by atoms with Gasteiger partial charge in [-0.05, 0) is 0 Å². The maximum absolute atomic E-state index is 8.88. The summed E-state index contributed by atoms with van der Waals surface area (Å²) in [6.07, 6.45) is 2.00. The Morgan fingerprint density at radius 3 is 1.22 bits per heavy atom. The van der Waals surface area contributed by atoms with Gasteiger partial charge in [-0.15, -0.1) is 0 Å². The number of hydrogen-bond acceptors (Lipinski definition) is 1. The molecule has 0 heterocycles. The molecular weight excluding hydrogens is 154 g/mol. The molecule has 0 aromatic rings. The predicted octanol–water partition coefficient (Wildman–Crippen LogP) is -2.69. The predicted molar refractivity (Wildman–Crippen MR) is 29.9 cm³/mol. The molecule has 6 heteroatoms. The van der Waals surface area contributed by atoms with Gasteiger partial charge in [-0.2, -0.15) is 13.8 Å². The van der Waals surface area contributed by atoms with E-state index < -0.39 is 7.82 Å². The second-order valence-corrected chi connectivity index (χ2v) is 2.12. The van der Waals surface area contributed by atoms with Gasteiger partial charge in [0, 0.05) is 0 Å². The minimum atomic E-state index is -4.64. The molecule has 0 spiro atoms. The van der Waals surface area contributed by atoms with Crippen LogP contribution in [0, 0.1) is 6.42 Å². The van der Waals surface area contributed by atoms with Crippen molar-refractivity contribution in [2.45, 2.75) is 13.8 Å². The van der Waals surface area contributed by atoms with Crippen LogP contribution < -0.4 is 29.6 Å². The second-order valence-electron chi connectivity index (χ2n) is 1.09. The van der Waals surface area contributed by atoms with Gasteiger partial charge in [0.15, 0.2) is 0 Å². The molecule has 0 amide bonds. The molecule has 3 N–H and O–H groups in total. The van der Waals surface area contributed by atoms with Crippen molar-refractivity contribution >= 4 is 7.82 Å². The fourth-order valence-electron chi connectivity index (χ4n) is 0. The SMILES string of the molecule is C[CH-]C.O=P(O)(O)O.[Na+]. The molecule has 0 saturated carbocycles. The van der Waals surface area contributed by atoms with Crippen molar-refractivity contribution in [3.05, 3.63) is 6.42 Å². The summed E-state index contributed by atoms with van der Waals surface area (Å²) in [4.78, 5) is 21.6. The van der Waals surface area contributed by atoms with Crippen molar-refractivity contribution in [2.24, 2.45) is 0 Å². The third kappa shape index (κ3) is 374. The van der Waals surface area contributed by atoms with E-state index >= 15 is 0 Å². The van der Waals surface area contributed by atoms with E-state index in [0.717, 1.165) is 0 Å². The van der Waals surface area contributed by atoms with Crippen LogP contribution in [0.25, 0.3) is 0 Å². The van der Waals surface area contributed by atoms with Crippen molar-refractivity contribution in [3.63, 3.8) is 0 Å². The van der Waals surface area contributed by atoms with Gasteiger partial charge in [-0.3, -0.25) is 0 Å². The van der Waals surface area contributed by atoms with E-state index in [1.54, 1.807) is 0 Å². The second kappa shape index (κ2) is 9.11. The summed E-state index contributed by atoms with van der Waals surface area (Å²) in [6, 6.07) is 0. The van der Waals surface area contributed by atoms with E-state index in [9.17, 15) is 0 Å². The van der Waals surface area contributed by atoms with Gasteiger partial charge < -0.3 is 21.1 Å². The van der Waals surface area contributed by atoms with Gasteiger partial charge in [0.25, 0.3) is 0 Å². The van der Waals surface area contributed by atoms with E-state index in [-0.39, 0.29) is 29.6 Å². The Labute approximate surface area is 76.8 Å². The Morgan fingerprint density at radius 1 is 1.22 bits per heavy atom. The molecular formula is C3H10NaO4P. The molecule has 0 atom stereocenters. The van der Waals surface area contributed by atoms with Crippen LogP contribution in [-0.2, 0) is 4.57 Å². The van der Waals surface area contributed by atoms with Crippen LogP contribution in [0.4, 0.5) is 0 Å². The van der Waals surface area contributed by atoms with Crippen LogP contribution in [0.5, 0.6) is 0 Å². The van der Waals surface area contributed by atoms with Gasteiger partial charge in [0.1, 0.15) is 0 Å². The zero-order valence-electron chi connectivity index (χ0n) is 5.77. The fraction of sp³-hybridized carbons (Fsp3) is 0.667. The Bertz CT molecular complexity index is 71.6. The van der Waals surface area contributed by atoms with Crippen LogP contribution in [0.3, 0.4) is 0 Å². The van der Waals surface area contributed by atoms with E-state index in [4.69, 9.17) is 19.2 Å². The Morgan fingerprint density at radius 2 is 1.22 bits per heavy atom. The van der Waals surface area contributed by atoms with Crippen molar-refractivity contribution in [1.29, 1.82) is 0 Å². The molecule has 0 rings (SSSR count). The number of phosphoric acid groups is 1. The van der Waals surface area contributed by atoms with Gasteiger partial charge >= 0.3 is 37.4 Å². The molecule has 0 aliphatic rings. The largest absolute Gasteiger partial charge is 1.00 e. The van der Waals surface area contributed by atoms with Gasteiger partial charge in [0.2, 0.25) is 0 Å². The van der Waals surface area contributed by atoms with Crippen molar-refractivity contribution in [2.75, 3.05) is 0 Å². The quantitative estimate of drug-likeness (QED) is 0.207. The van der Waals surface area contributed by atoms with Crippen LogP contribution in [0.15, 0.2) is 0 Å². The summed E-state index contributed by atoms with van der Waals surface area (Å²) >= 11 is 0. The van der Waals surface area contributed by atoms with Crippen molar-refractivity contribution < 1.29 is 48.8 Å². The zero-order chi connectivity index (χ0) is 7.21. The van der Waals surface area contributed by atoms with Gasteiger partial charge in [0.05, 0.1) is 0 Å². The van der Waals surface area contributed by atoms with E-state index in [1.165, 1.54) is 0 Å². The molecule has 0 aromatic heterocycles. The summed E-state index contributed by atoms with van der Waals surface area (Å²) in [5.74, 6) is 0. The van der Waals surface area contributed by atoms with Crippen LogP contribution in [0.2, 0.25) is 0 Å². The first kappa shape index (κ1) is 16.6. The monoisotopic (exact) mass is 164 g/mol. The normalized spacial score (nSPS) is 8.56. The van der Waals surface area contributed by atoms with Crippen LogP contribution in [-0.4, -0.2) is 14.7 Å². The summed E-state index contributed by atoms with van der Waals surface area (Å²) in [7, 11) is -4.64. The molecule has 0 bridgehead atoms. The molecule has 0 fully saturated rings. The smallest absolute Gasteiger partial charge is 0.335 e. The minimum absolute atomic E-state index is 0. The van der Waals surface area contributed by atoms with Crippen molar-refractivity contribution in [3.8, 4) is 0 Å².